The van der Waals surface area contributed by atoms with E-state index in [0.29, 0.717) is 22.8 Å². The molecule has 2 aromatic rings. The number of pyridine rings is 1. The summed E-state index contributed by atoms with van der Waals surface area (Å²) in [4.78, 5) is 3.90. The second kappa shape index (κ2) is 5.86. The molecule has 92 valence electrons. The van der Waals surface area contributed by atoms with Gasteiger partial charge in [-0.05, 0) is 35.9 Å². The Morgan fingerprint density at radius 1 is 1.16 bits per heavy atom. The number of hydrogen-bond acceptors (Lipinski definition) is 4. The Morgan fingerprint density at radius 2 is 2.00 bits per heavy atom. The van der Waals surface area contributed by atoms with E-state index in [4.69, 9.17) is 22.1 Å². The van der Waals surface area contributed by atoms with Gasteiger partial charge in [-0.3, -0.25) is 0 Å². The molecule has 0 saturated carbocycles. The van der Waals surface area contributed by atoms with Crippen LogP contribution < -0.4 is 5.32 Å². The first kappa shape index (κ1) is 12.9. The number of nitrogens with one attached hydrogen (secondary N) is 1. The van der Waals surface area contributed by atoms with Crippen molar-refractivity contribution in [1.29, 1.82) is 10.5 Å². The van der Waals surface area contributed by atoms with Crippen LogP contribution in [0.1, 0.15) is 16.8 Å². The van der Waals surface area contributed by atoms with Gasteiger partial charge in [-0.2, -0.15) is 10.5 Å². The summed E-state index contributed by atoms with van der Waals surface area (Å²) in [5.41, 5.74) is 2.60. The van der Waals surface area contributed by atoms with Gasteiger partial charge in [0.05, 0.1) is 10.6 Å². The van der Waals surface area contributed by atoms with E-state index in [1.165, 1.54) is 0 Å². The highest BCUT2D eigenvalue weighted by Crippen LogP contribution is 2.20. The highest BCUT2D eigenvalue weighted by atomic mass is 35.5. The van der Waals surface area contributed by atoms with Crippen LogP contribution >= 0.6 is 11.6 Å². The van der Waals surface area contributed by atoms with Gasteiger partial charge in [-0.1, -0.05) is 11.6 Å². The van der Waals surface area contributed by atoms with E-state index in [1.54, 1.807) is 30.5 Å². The molecule has 0 saturated heterocycles. The number of aromatic nitrogens is 1. The number of rotatable bonds is 3. The lowest BCUT2D eigenvalue weighted by Crippen LogP contribution is -2.00. The van der Waals surface area contributed by atoms with Crippen LogP contribution in [-0.4, -0.2) is 4.98 Å². The van der Waals surface area contributed by atoms with Crippen LogP contribution in [0.2, 0.25) is 5.02 Å². The van der Waals surface area contributed by atoms with Crippen molar-refractivity contribution in [2.45, 2.75) is 6.54 Å². The summed E-state index contributed by atoms with van der Waals surface area (Å²) in [6.07, 6.45) is 1.60. The van der Waals surface area contributed by atoms with Crippen LogP contribution in [0.15, 0.2) is 36.5 Å². The van der Waals surface area contributed by atoms with Crippen molar-refractivity contribution < 1.29 is 0 Å². The highest BCUT2D eigenvalue weighted by Gasteiger charge is 2.01. The fourth-order valence-corrected chi connectivity index (χ4v) is 1.79. The number of anilines is 1. The van der Waals surface area contributed by atoms with Crippen molar-refractivity contribution in [3.8, 4) is 12.1 Å². The summed E-state index contributed by atoms with van der Waals surface area (Å²) in [5.74, 6) is 0. The molecular formula is C14H9ClN4. The van der Waals surface area contributed by atoms with Gasteiger partial charge < -0.3 is 5.32 Å². The van der Waals surface area contributed by atoms with Gasteiger partial charge in [0.25, 0.3) is 0 Å². The molecule has 0 spiro atoms. The summed E-state index contributed by atoms with van der Waals surface area (Å²) in [6, 6.07) is 12.7. The van der Waals surface area contributed by atoms with Crippen LogP contribution in [0, 0.1) is 22.7 Å². The predicted octanol–water partition coefficient (Wildman–Crippen LogP) is 3.09. The molecule has 5 heteroatoms. The molecule has 0 aliphatic carbocycles. The predicted molar refractivity (Wildman–Crippen MR) is 72.4 cm³/mol. The summed E-state index contributed by atoms with van der Waals surface area (Å²) in [5, 5.41) is 21.1. The number of hydrogen-bond donors (Lipinski definition) is 1. The van der Waals surface area contributed by atoms with Crippen molar-refractivity contribution in [2.75, 3.05) is 5.32 Å². The molecule has 1 aromatic carbocycles. The zero-order valence-corrected chi connectivity index (χ0v) is 10.6. The molecule has 1 N–H and O–H groups in total. The number of nitrogens with zero attached hydrogens (tertiary/aromatic N) is 3. The van der Waals surface area contributed by atoms with E-state index in [0.717, 1.165) is 11.3 Å². The average Bonchev–Trinajstić information content (AvgIpc) is 2.45. The Kier molecular flexibility index (Phi) is 3.97. The summed E-state index contributed by atoms with van der Waals surface area (Å²) < 4.78 is 0. The quantitative estimate of drug-likeness (QED) is 0.928. The topological polar surface area (TPSA) is 72.5 Å². The minimum atomic E-state index is 0.386. The molecule has 0 atom stereocenters. The van der Waals surface area contributed by atoms with Crippen molar-refractivity contribution in [3.63, 3.8) is 0 Å². The fourth-order valence-electron chi connectivity index (χ4n) is 1.57. The van der Waals surface area contributed by atoms with Gasteiger partial charge in [0, 0.05) is 18.4 Å². The molecular weight excluding hydrogens is 260 g/mol. The van der Waals surface area contributed by atoms with Gasteiger partial charge in [-0.25, -0.2) is 4.98 Å². The molecule has 0 bridgehead atoms. The maximum absolute atomic E-state index is 8.78. The Morgan fingerprint density at radius 3 is 2.68 bits per heavy atom. The lowest BCUT2D eigenvalue weighted by Gasteiger charge is -2.07. The second-order valence-corrected chi connectivity index (χ2v) is 4.23. The highest BCUT2D eigenvalue weighted by molar-refractivity contribution is 6.32. The first-order valence-corrected chi connectivity index (χ1v) is 5.89. The van der Waals surface area contributed by atoms with Gasteiger partial charge in [0.15, 0.2) is 0 Å². The third-order valence-electron chi connectivity index (χ3n) is 2.53. The zero-order chi connectivity index (χ0) is 13.7. The summed E-state index contributed by atoms with van der Waals surface area (Å²) >= 11 is 5.94. The third-order valence-corrected chi connectivity index (χ3v) is 2.84. The molecule has 0 aliphatic rings. The number of halogens is 1. The Hall–Kier alpha value is -2.56. The second-order valence-electron chi connectivity index (χ2n) is 3.82. The molecule has 1 aromatic heterocycles. The van der Waals surface area contributed by atoms with Crippen LogP contribution in [0.25, 0.3) is 0 Å². The summed E-state index contributed by atoms with van der Waals surface area (Å²) in [7, 11) is 0. The minimum Gasteiger partial charge on any atom is -0.381 e. The molecule has 19 heavy (non-hydrogen) atoms. The normalized spacial score (nSPS) is 9.42. The molecule has 2 rings (SSSR count). The SMILES string of the molecule is N#Cc1cc(CNc2ccc(C#N)c(Cl)c2)ccn1. The fraction of sp³-hybridized carbons (Fsp3) is 0.0714. The molecule has 1 heterocycles. The van der Waals surface area contributed by atoms with E-state index in [1.807, 2.05) is 18.2 Å². The van der Waals surface area contributed by atoms with Crippen LogP contribution in [0.4, 0.5) is 5.69 Å². The average molecular weight is 269 g/mol. The lowest BCUT2D eigenvalue weighted by molar-refractivity contribution is 1.12. The zero-order valence-electron chi connectivity index (χ0n) is 9.89. The van der Waals surface area contributed by atoms with E-state index >= 15 is 0 Å². The van der Waals surface area contributed by atoms with Crippen LogP contribution in [-0.2, 0) is 6.54 Å². The first-order valence-electron chi connectivity index (χ1n) is 5.51. The smallest absolute Gasteiger partial charge is 0.140 e. The van der Waals surface area contributed by atoms with Gasteiger partial charge >= 0.3 is 0 Å². The van der Waals surface area contributed by atoms with Crippen molar-refractivity contribution in [1.82, 2.24) is 4.98 Å². The van der Waals surface area contributed by atoms with Crippen LogP contribution in [0.5, 0.6) is 0 Å². The van der Waals surface area contributed by atoms with E-state index in [2.05, 4.69) is 10.3 Å². The van der Waals surface area contributed by atoms with Crippen molar-refractivity contribution in [3.05, 3.63) is 58.4 Å². The van der Waals surface area contributed by atoms with Gasteiger partial charge in [0.1, 0.15) is 17.8 Å². The Bertz CT molecular complexity index is 683. The molecule has 4 nitrogen and oxygen atoms in total. The number of nitriles is 2. The first-order chi connectivity index (χ1) is 9.22. The van der Waals surface area contributed by atoms with Gasteiger partial charge in [-0.15, -0.1) is 0 Å². The van der Waals surface area contributed by atoms with Gasteiger partial charge in [0.2, 0.25) is 0 Å². The maximum Gasteiger partial charge on any atom is 0.140 e. The largest absolute Gasteiger partial charge is 0.381 e. The third kappa shape index (κ3) is 3.22. The van der Waals surface area contributed by atoms with Crippen molar-refractivity contribution >= 4 is 17.3 Å². The van der Waals surface area contributed by atoms with E-state index in [-0.39, 0.29) is 0 Å². The minimum absolute atomic E-state index is 0.386. The lowest BCUT2D eigenvalue weighted by atomic mass is 10.2. The Labute approximate surface area is 115 Å². The molecule has 0 amide bonds. The number of benzene rings is 1. The van der Waals surface area contributed by atoms with Crippen LogP contribution in [0.3, 0.4) is 0 Å². The van der Waals surface area contributed by atoms with Crippen molar-refractivity contribution in [2.24, 2.45) is 0 Å². The molecule has 0 unspecified atom stereocenters. The van der Waals surface area contributed by atoms with E-state index in [9.17, 15) is 0 Å². The molecule has 0 fully saturated rings. The standard InChI is InChI=1S/C14H9ClN4/c15-14-6-12(2-1-11(14)7-16)19-9-10-3-4-18-13(5-10)8-17/h1-6,19H,9H2. The van der Waals surface area contributed by atoms with E-state index < -0.39 is 0 Å². The monoisotopic (exact) mass is 268 g/mol. The molecule has 0 radical (unpaired) electrons. The molecule has 0 aliphatic heterocycles. The Balaban J connectivity index is 2.09. The maximum atomic E-state index is 8.78. The summed E-state index contributed by atoms with van der Waals surface area (Å²) in [6.45, 7) is 0.555.